The molecule has 498 valence electrons. The summed E-state index contributed by atoms with van der Waals surface area (Å²) in [6.45, 7) is 8.24. The van der Waals surface area contributed by atoms with Crippen LogP contribution in [-0.4, -0.2) is 68.2 Å². The molecule has 12 aromatic carbocycles. The van der Waals surface area contributed by atoms with Crippen molar-refractivity contribution in [2.75, 3.05) is 0 Å². The van der Waals surface area contributed by atoms with Crippen molar-refractivity contribution in [2.24, 2.45) is 0 Å². The molecule has 6 aromatic heterocycles. The first-order valence-corrected chi connectivity index (χ1v) is 35.0. The molecule has 0 saturated carbocycles. The molecule has 1 aliphatic rings. The molecule has 1 saturated heterocycles. The average Bonchev–Trinajstić information content (AvgIpc) is 1.60. The summed E-state index contributed by atoms with van der Waals surface area (Å²) >= 11 is 3.46. The first-order chi connectivity index (χ1) is 50.8. The van der Waals surface area contributed by atoms with Gasteiger partial charge in [0.1, 0.15) is 22.2 Å². The van der Waals surface area contributed by atoms with Crippen molar-refractivity contribution >= 4 is 95.0 Å². The van der Waals surface area contributed by atoms with Gasteiger partial charge in [0.05, 0.1) is 33.3 Å². The lowest BCUT2D eigenvalue weighted by Gasteiger charge is -2.32. The Bertz CT molecular complexity index is 6190. The SMILES string of the molecule is Brc1ccc2oc3nc4ccccc4nc3c2c1.CC1(C)OB(c2cccc(-c3nc(-c4ccccc4)nc(-c4ccc(-c5ccccc5)cc4)n3)c2)OC1(C)C.c1ccc(-c2ccc(-c3nc(-c4ccccc4)nc(-c4cccc(-c5ccc6oc7nc8ccccc8nc7c6c5)c4)n3)cc2)cc1. The van der Waals surface area contributed by atoms with Gasteiger partial charge in [-0.2, -0.15) is 0 Å². The summed E-state index contributed by atoms with van der Waals surface area (Å²) in [5, 5.41) is 1.91. The molecule has 18 aromatic rings. The normalized spacial score (nSPS) is 13.1. The van der Waals surface area contributed by atoms with Crippen LogP contribution < -0.4 is 5.46 Å². The second-order valence-corrected chi connectivity index (χ2v) is 27.2. The summed E-state index contributed by atoms with van der Waals surface area (Å²) in [4.78, 5) is 48.3. The van der Waals surface area contributed by atoms with Gasteiger partial charge in [-0.05, 0) is 127 Å². The highest BCUT2D eigenvalue weighted by atomic mass is 79.9. The molecule has 0 amide bonds. The molecule has 16 heteroatoms. The first kappa shape index (κ1) is 64.8. The Morgan fingerprint density at radius 2 is 0.567 bits per heavy atom. The third-order valence-electron chi connectivity index (χ3n) is 18.9. The minimum atomic E-state index is -0.463. The van der Waals surface area contributed by atoms with Gasteiger partial charge in [0, 0.05) is 48.6 Å². The van der Waals surface area contributed by atoms with Crippen LogP contribution in [0.5, 0.6) is 0 Å². The van der Waals surface area contributed by atoms with E-state index in [4.69, 9.17) is 58.0 Å². The minimum absolute atomic E-state index is 0.416. The minimum Gasteiger partial charge on any atom is -0.436 e. The lowest BCUT2D eigenvalue weighted by atomic mass is 9.78. The van der Waals surface area contributed by atoms with E-state index in [0.29, 0.717) is 46.4 Å². The molecule has 7 heterocycles. The molecule has 1 fully saturated rings. The molecule has 19 rings (SSSR count). The maximum Gasteiger partial charge on any atom is 0.494 e. The molecule has 0 unspecified atom stereocenters. The molecular weight excluding hydrogens is 1350 g/mol. The quantitative estimate of drug-likeness (QED) is 0.118. The molecule has 0 atom stereocenters. The van der Waals surface area contributed by atoms with E-state index in [0.717, 1.165) is 121 Å². The van der Waals surface area contributed by atoms with Crippen LogP contribution in [0, 0.1) is 0 Å². The van der Waals surface area contributed by atoms with Crippen LogP contribution in [0.3, 0.4) is 0 Å². The van der Waals surface area contributed by atoms with E-state index in [9.17, 15) is 0 Å². The van der Waals surface area contributed by atoms with E-state index in [-0.39, 0.29) is 0 Å². The number of hydrogen-bond donors (Lipinski definition) is 0. The van der Waals surface area contributed by atoms with Crippen LogP contribution in [0.1, 0.15) is 27.7 Å². The zero-order valence-corrected chi connectivity index (χ0v) is 58.5. The van der Waals surface area contributed by atoms with Crippen LogP contribution in [0.4, 0.5) is 0 Å². The third-order valence-corrected chi connectivity index (χ3v) is 19.4. The summed E-state index contributed by atoms with van der Waals surface area (Å²) in [6.07, 6.45) is 0. The molecule has 0 bridgehead atoms. The van der Waals surface area contributed by atoms with Gasteiger partial charge in [-0.25, -0.2) is 49.8 Å². The summed E-state index contributed by atoms with van der Waals surface area (Å²) < 4.78 is 25.4. The van der Waals surface area contributed by atoms with Gasteiger partial charge in [-0.1, -0.05) is 259 Å². The number of furan rings is 2. The highest BCUT2D eigenvalue weighted by Crippen LogP contribution is 2.39. The smallest absolute Gasteiger partial charge is 0.436 e. The van der Waals surface area contributed by atoms with Crippen molar-refractivity contribution in [1.29, 1.82) is 0 Å². The summed E-state index contributed by atoms with van der Waals surface area (Å²) in [5.41, 5.74) is 19.9. The predicted octanol–water partition coefficient (Wildman–Crippen LogP) is 21.2. The molecule has 0 N–H and O–H groups in total. The third kappa shape index (κ3) is 13.2. The molecular formula is C88H62BBrN10O4. The van der Waals surface area contributed by atoms with E-state index in [1.807, 2.05) is 200 Å². The summed E-state index contributed by atoms with van der Waals surface area (Å²) in [6, 6.07) is 101. The Labute approximate surface area is 607 Å². The second-order valence-electron chi connectivity index (χ2n) is 26.3. The fraction of sp³-hybridized carbons (Fsp3) is 0.0682. The van der Waals surface area contributed by atoms with Crippen LogP contribution >= 0.6 is 15.9 Å². The fourth-order valence-corrected chi connectivity index (χ4v) is 13.0. The van der Waals surface area contributed by atoms with Gasteiger partial charge in [-0.3, -0.25) is 0 Å². The van der Waals surface area contributed by atoms with E-state index in [1.165, 1.54) is 11.1 Å². The van der Waals surface area contributed by atoms with E-state index in [1.54, 1.807) is 0 Å². The summed E-state index contributed by atoms with van der Waals surface area (Å²) in [5.74, 6) is 3.71. The maximum atomic E-state index is 6.30. The van der Waals surface area contributed by atoms with Gasteiger partial charge in [0.15, 0.2) is 34.9 Å². The Balaban J connectivity index is 0.000000126. The van der Waals surface area contributed by atoms with Crippen molar-refractivity contribution in [1.82, 2.24) is 49.8 Å². The van der Waals surface area contributed by atoms with Crippen molar-refractivity contribution in [3.8, 4) is 102 Å². The van der Waals surface area contributed by atoms with Gasteiger partial charge in [-0.15, -0.1) is 0 Å². The van der Waals surface area contributed by atoms with Crippen molar-refractivity contribution < 1.29 is 18.1 Å². The lowest BCUT2D eigenvalue weighted by molar-refractivity contribution is 0.00578. The number of fused-ring (bicyclic) bond motifs is 8. The molecule has 0 spiro atoms. The van der Waals surface area contributed by atoms with Crippen molar-refractivity contribution in [3.05, 3.63) is 308 Å². The Morgan fingerprint density at radius 3 is 1.02 bits per heavy atom. The van der Waals surface area contributed by atoms with E-state index in [2.05, 4.69) is 157 Å². The molecule has 14 nitrogen and oxygen atoms in total. The van der Waals surface area contributed by atoms with Crippen LogP contribution in [0.25, 0.3) is 168 Å². The zero-order valence-electron chi connectivity index (χ0n) is 56.9. The predicted molar refractivity (Wildman–Crippen MR) is 419 cm³/mol. The number of para-hydroxylation sites is 4. The number of hydrogen-bond acceptors (Lipinski definition) is 14. The number of rotatable bonds is 10. The van der Waals surface area contributed by atoms with E-state index >= 15 is 0 Å². The van der Waals surface area contributed by atoms with Crippen LogP contribution in [0.15, 0.2) is 317 Å². The standard InChI is InChI=1S/C41H25N5O.C33H30BN3O2.C14H7BrN2O/c1-3-10-26(11-4-1)27-18-20-29(21-19-27)39-44-38(28-12-5-2-6-13-28)45-40(46-39)32-15-9-14-30(24-32)31-22-23-36-33(25-31)37-41(47-36)43-35-17-8-7-16-34(35)42-37;1-32(2)33(3,4)39-34(38-32)28-17-11-16-27(22-28)31-36-29(25-14-9-6-10-15-25)35-30(37-31)26-20-18-24(19-21-26)23-12-7-5-8-13-23;15-8-5-6-12-9(7-8)13-14(18-12)17-11-4-2-1-3-10(11)16-13/h1-25H;5-22H,1-4H3;1-7H. The average molecular weight is 1410 g/mol. The molecule has 0 aliphatic carbocycles. The number of aromatic nitrogens is 10. The second kappa shape index (κ2) is 27.4. The number of nitrogens with zero attached hydrogens (tertiary/aromatic N) is 10. The molecule has 0 radical (unpaired) electrons. The van der Waals surface area contributed by atoms with Gasteiger partial charge >= 0.3 is 7.12 Å². The highest BCUT2D eigenvalue weighted by Gasteiger charge is 2.51. The first-order valence-electron chi connectivity index (χ1n) is 34.2. The molecule has 1 aliphatic heterocycles. The van der Waals surface area contributed by atoms with Crippen molar-refractivity contribution in [3.63, 3.8) is 0 Å². The van der Waals surface area contributed by atoms with Crippen molar-refractivity contribution in [2.45, 2.75) is 38.9 Å². The number of halogens is 1. The highest BCUT2D eigenvalue weighted by molar-refractivity contribution is 9.10. The maximum absolute atomic E-state index is 6.30. The van der Waals surface area contributed by atoms with E-state index < -0.39 is 18.3 Å². The fourth-order valence-electron chi connectivity index (χ4n) is 12.7. The molecule has 104 heavy (non-hydrogen) atoms. The van der Waals surface area contributed by atoms with Gasteiger partial charge in [0.25, 0.3) is 0 Å². The zero-order chi connectivity index (χ0) is 70.3. The monoisotopic (exact) mass is 1410 g/mol. The Morgan fingerprint density at radius 1 is 0.260 bits per heavy atom. The van der Waals surface area contributed by atoms with Crippen LogP contribution in [0.2, 0.25) is 0 Å². The van der Waals surface area contributed by atoms with Crippen LogP contribution in [-0.2, 0) is 9.31 Å². The number of benzene rings is 12. The van der Waals surface area contributed by atoms with Gasteiger partial charge < -0.3 is 18.1 Å². The largest absolute Gasteiger partial charge is 0.494 e. The summed E-state index contributed by atoms with van der Waals surface area (Å²) in [7, 11) is -0.463. The Hall–Kier alpha value is -12.6. The lowest BCUT2D eigenvalue weighted by Crippen LogP contribution is -2.41. The van der Waals surface area contributed by atoms with Gasteiger partial charge in [0.2, 0.25) is 11.4 Å². The topological polar surface area (TPSA) is 174 Å². The Kier molecular flexibility index (Phi) is 17.1.